The number of nitro groups is 1. The van der Waals surface area contributed by atoms with Crippen molar-refractivity contribution < 1.29 is 10.0 Å². The van der Waals surface area contributed by atoms with Gasteiger partial charge in [0.15, 0.2) is 0 Å². The number of non-ortho nitro benzene ring substituents is 1. The SMILES string of the molecule is CCCC(O)Cc1ccc([N+](=O)[O-])cc1. The van der Waals surface area contributed by atoms with Crippen molar-refractivity contribution in [3.63, 3.8) is 0 Å². The fourth-order valence-electron chi connectivity index (χ4n) is 1.46. The molecule has 0 amide bonds. The molecule has 1 N–H and O–H groups in total. The predicted molar refractivity (Wildman–Crippen MR) is 57.7 cm³/mol. The number of hydrogen-bond acceptors (Lipinski definition) is 3. The Kier molecular flexibility index (Phi) is 4.24. The minimum absolute atomic E-state index is 0.0868. The number of benzene rings is 1. The van der Waals surface area contributed by atoms with Crippen LogP contribution in [0.1, 0.15) is 25.3 Å². The summed E-state index contributed by atoms with van der Waals surface area (Å²) in [5.41, 5.74) is 1.02. The van der Waals surface area contributed by atoms with Gasteiger partial charge in [0.1, 0.15) is 0 Å². The molecule has 0 spiro atoms. The van der Waals surface area contributed by atoms with Crippen LogP contribution in [0.5, 0.6) is 0 Å². The van der Waals surface area contributed by atoms with E-state index in [1.807, 2.05) is 6.92 Å². The molecule has 0 aliphatic heterocycles. The molecule has 1 rings (SSSR count). The molecular formula is C11H15NO3. The lowest BCUT2D eigenvalue weighted by molar-refractivity contribution is -0.384. The number of hydrogen-bond donors (Lipinski definition) is 1. The van der Waals surface area contributed by atoms with Crippen molar-refractivity contribution in [1.82, 2.24) is 0 Å². The Hall–Kier alpha value is -1.42. The Morgan fingerprint density at radius 2 is 2.00 bits per heavy atom. The van der Waals surface area contributed by atoms with Crippen LogP contribution < -0.4 is 0 Å². The van der Waals surface area contributed by atoms with E-state index in [1.54, 1.807) is 12.1 Å². The first-order valence-electron chi connectivity index (χ1n) is 5.05. The van der Waals surface area contributed by atoms with Gasteiger partial charge in [-0.1, -0.05) is 25.5 Å². The molecule has 0 saturated carbocycles. The van der Waals surface area contributed by atoms with Gasteiger partial charge in [0.05, 0.1) is 11.0 Å². The Bertz CT molecular complexity index is 321. The molecule has 0 aromatic heterocycles. The maximum atomic E-state index is 10.4. The zero-order valence-electron chi connectivity index (χ0n) is 8.72. The third kappa shape index (κ3) is 3.67. The Labute approximate surface area is 88.7 Å². The van der Waals surface area contributed by atoms with Gasteiger partial charge in [0, 0.05) is 12.1 Å². The van der Waals surface area contributed by atoms with E-state index in [9.17, 15) is 15.2 Å². The third-order valence-corrected chi connectivity index (χ3v) is 2.24. The maximum absolute atomic E-state index is 10.4. The highest BCUT2D eigenvalue weighted by Gasteiger charge is 2.07. The van der Waals surface area contributed by atoms with Crippen molar-refractivity contribution in [2.75, 3.05) is 0 Å². The van der Waals surface area contributed by atoms with E-state index >= 15 is 0 Å². The van der Waals surface area contributed by atoms with Gasteiger partial charge in [-0.15, -0.1) is 0 Å². The lowest BCUT2D eigenvalue weighted by atomic mass is 10.0. The van der Waals surface area contributed by atoms with Crippen LogP contribution in [0.25, 0.3) is 0 Å². The quantitative estimate of drug-likeness (QED) is 0.597. The summed E-state index contributed by atoms with van der Waals surface area (Å²) in [5.74, 6) is 0. The second-order valence-corrected chi connectivity index (χ2v) is 3.57. The van der Waals surface area contributed by atoms with E-state index in [4.69, 9.17) is 0 Å². The summed E-state index contributed by atoms with van der Waals surface area (Å²) in [6, 6.07) is 6.32. The molecule has 1 atom stereocenters. The molecule has 0 radical (unpaired) electrons. The molecule has 0 fully saturated rings. The van der Waals surface area contributed by atoms with Crippen LogP contribution in [-0.2, 0) is 6.42 Å². The van der Waals surface area contributed by atoms with Crippen LogP contribution in [0, 0.1) is 10.1 Å². The maximum Gasteiger partial charge on any atom is 0.269 e. The summed E-state index contributed by atoms with van der Waals surface area (Å²) in [4.78, 5) is 9.97. The van der Waals surface area contributed by atoms with Crippen molar-refractivity contribution >= 4 is 5.69 Å². The fourth-order valence-corrected chi connectivity index (χ4v) is 1.46. The smallest absolute Gasteiger partial charge is 0.269 e. The van der Waals surface area contributed by atoms with Gasteiger partial charge in [0.25, 0.3) is 5.69 Å². The Morgan fingerprint density at radius 1 is 1.40 bits per heavy atom. The molecule has 0 aliphatic carbocycles. The van der Waals surface area contributed by atoms with Crippen molar-refractivity contribution in [2.45, 2.75) is 32.3 Å². The van der Waals surface area contributed by atoms with Crippen LogP contribution in [-0.4, -0.2) is 16.1 Å². The van der Waals surface area contributed by atoms with E-state index in [0.29, 0.717) is 6.42 Å². The summed E-state index contributed by atoms with van der Waals surface area (Å²) < 4.78 is 0. The molecule has 0 heterocycles. The summed E-state index contributed by atoms with van der Waals surface area (Å²) in [5, 5.41) is 19.9. The zero-order chi connectivity index (χ0) is 11.3. The molecule has 0 bridgehead atoms. The molecule has 0 saturated heterocycles. The Morgan fingerprint density at radius 3 is 2.47 bits per heavy atom. The number of aliphatic hydroxyl groups is 1. The van der Waals surface area contributed by atoms with Crippen LogP contribution in [0.4, 0.5) is 5.69 Å². The zero-order valence-corrected chi connectivity index (χ0v) is 8.72. The fraction of sp³-hybridized carbons (Fsp3) is 0.455. The molecule has 82 valence electrons. The lowest BCUT2D eigenvalue weighted by Gasteiger charge is -2.08. The van der Waals surface area contributed by atoms with Crippen LogP contribution in [0.2, 0.25) is 0 Å². The second kappa shape index (κ2) is 5.46. The normalized spacial score (nSPS) is 12.4. The summed E-state index contributed by atoms with van der Waals surface area (Å²) >= 11 is 0. The van der Waals surface area contributed by atoms with E-state index in [1.165, 1.54) is 12.1 Å². The van der Waals surface area contributed by atoms with Crippen molar-refractivity contribution in [3.8, 4) is 0 Å². The van der Waals surface area contributed by atoms with Gasteiger partial charge in [-0.05, 0) is 18.4 Å². The van der Waals surface area contributed by atoms with Gasteiger partial charge in [-0.25, -0.2) is 0 Å². The first kappa shape index (κ1) is 11.7. The molecule has 1 unspecified atom stereocenters. The number of nitro benzene ring substituents is 1. The van der Waals surface area contributed by atoms with Gasteiger partial charge in [-0.3, -0.25) is 10.1 Å². The highest BCUT2D eigenvalue weighted by atomic mass is 16.6. The molecule has 1 aromatic rings. The van der Waals surface area contributed by atoms with Gasteiger partial charge >= 0.3 is 0 Å². The van der Waals surface area contributed by atoms with Gasteiger partial charge in [-0.2, -0.15) is 0 Å². The predicted octanol–water partition coefficient (Wildman–Crippen LogP) is 2.30. The first-order chi connectivity index (χ1) is 7.13. The molecule has 4 heteroatoms. The molecule has 4 nitrogen and oxygen atoms in total. The second-order valence-electron chi connectivity index (χ2n) is 3.57. The largest absolute Gasteiger partial charge is 0.393 e. The third-order valence-electron chi connectivity index (χ3n) is 2.24. The Balaban J connectivity index is 2.60. The van der Waals surface area contributed by atoms with Gasteiger partial charge in [0.2, 0.25) is 0 Å². The number of aliphatic hydroxyl groups excluding tert-OH is 1. The van der Waals surface area contributed by atoms with Crippen LogP contribution in [0.3, 0.4) is 0 Å². The van der Waals surface area contributed by atoms with Crippen molar-refractivity contribution in [2.24, 2.45) is 0 Å². The van der Waals surface area contributed by atoms with Gasteiger partial charge < -0.3 is 5.11 Å². The van der Waals surface area contributed by atoms with Crippen molar-refractivity contribution in [3.05, 3.63) is 39.9 Å². The average Bonchev–Trinajstić information content (AvgIpc) is 2.18. The lowest BCUT2D eigenvalue weighted by Crippen LogP contribution is -2.09. The van der Waals surface area contributed by atoms with E-state index in [2.05, 4.69) is 0 Å². The number of nitrogens with zero attached hydrogens (tertiary/aromatic N) is 1. The summed E-state index contributed by atoms with van der Waals surface area (Å²) in [7, 11) is 0. The standard InChI is InChI=1S/C11H15NO3/c1-2-3-11(13)8-9-4-6-10(7-5-9)12(14)15/h4-7,11,13H,2-3,8H2,1H3. The highest BCUT2D eigenvalue weighted by Crippen LogP contribution is 2.14. The monoisotopic (exact) mass is 209 g/mol. The minimum Gasteiger partial charge on any atom is -0.393 e. The summed E-state index contributed by atoms with van der Waals surface area (Å²) in [6.45, 7) is 2.01. The van der Waals surface area contributed by atoms with Crippen LogP contribution in [0.15, 0.2) is 24.3 Å². The first-order valence-corrected chi connectivity index (χ1v) is 5.05. The van der Waals surface area contributed by atoms with E-state index in [0.717, 1.165) is 18.4 Å². The average molecular weight is 209 g/mol. The van der Waals surface area contributed by atoms with Crippen molar-refractivity contribution in [1.29, 1.82) is 0 Å². The molecule has 1 aromatic carbocycles. The molecule has 0 aliphatic rings. The minimum atomic E-state index is -0.424. The highest BCUT2D eigenvalue weighted by molar-refractivity contribution is 5.33. The molecule has 15 heavy (non-hydrogen) atoms. The van der Waals surface area contributed by atoms with E-state index in [-0.39, 0.29) is 11.8 Å². The summed E-state index contributed by atoms with van der Waals surface area (Å²) in [6.07, 6.45) is 1.91. The number of rotatable bonds is 5. The van der Waals surface area contributed by atoms with Crippen LogP contribution >= 0.6 is 0 Å². The molecular weight excluding hydrogens is 194 g/mol. The van der Waals surface area contributed by atoms with E-state index < -0.39 is 4.92 Å². The topological polar surface area (TPSA) is 63.4 Å².